The highest BCUT2D eigenvalue weighted by Gasteiger charge is 2.68. The number of hydrogen-bond acceptors (Lipinski definition) is 2. The lowest BCUT2D eigenvalue weighted by molar-refractivity contribution is -0.137. The van der Waals surface area contributed by atoms with E-state index in [1.54, 1.807) is 12.1 Å². The predicted molar refractivity (Wildman–Crippen MR) is 90.7 cm³/mol. The summed E-state index contributed by atoms with van der Waals surface area (Å²) in [5, 5.41) is 3.04. The summed E-state index contributed by atoms with van der Waals surface area (Å²) in [5.74, 6) is -0.0413. The van der Waals surface area contributed by atoms with E-state index in [9.17, 15) is 9.59 Å². The van der Waals surface area contributed by atoms with Gasteiger partial charge in [-0.2, -0.15) is 0 Å². The minimum Gasteiger partial charge on any atom is -0.349 e. The maximum absolute atomic E-state index is 12.5. The Morgan fingerprint density at radius 1 is 1.17 bits per heavy atom. The Morgan fingerprint density at radius 3 is 2.26 bits per heavy atom. The van der Waals surface area contributed by atoms with Crippen LogP contribution in [0.2, 0.25) is 0 Å². The maximum Gasteiger partial charge on any atom is 0.251 e. The molecular formula is C17H20Cl2N2O2. The zero-order valence-electron chi connectivity index (χ0n) is 13.0. The van der Waals surface area contributed by atoms with E-state index in [2.05, 4.69) is 5.32 Å². The van der Waals surface area contributed by atoms with Crippen molar-refractivity contribution in [2.45, 2.75) is 36.6 Å². The highest BCUT2D eigenvalue weighted by Crippen LogP contribution is 2.64. The number of amides is 2. The number of likely N-dealkylation sites (tertiary alicyclic amines) is 1. The largest absolute Gasteiger partial charge is 0.349 e. The highest BCUT2D eigenvalue weighted by atomic mass is 35.5. The van der Waals surface area contributed by atoms with Crippen molar-refractivity contribution in [3.05, 3.63) is 35.9 Å². The summed E-state index contributed by atoms with van der Waals surface area (Å²) in [6.45, 7) is 3.06. The molecule has 1 heterocycles. The lowest BCUT2D eigenvalue weighted by Gasteiger charge is -2.34. The van der Waals surface area contributed by atoms with Gasteiger partial charge in [-0.25, -0.2) is 0 Å². The Bertz CT molecular complexity index is 612. The number of rotatable bonds is 3. The molecule has 1 aromatic rings. The van der Waals surface area contributed by atoms with E-state index in [0.717, 1.165) is 12.8 Å². The van der Waals surface area contributed by atoms with Crippen molar-refractivity contribution in [1.29, 1.82) is 0 Å². The number of hydrogen-bond donors (Lipinski definition) is 1. The normalized spacial score (nSPS) is 26.7. The third kappa shape index (κ3) is 3.20. The fraction of sp³-hybridized carbons (Fsp3) is 0.529. The molecule has 6 heteroatoms. The number of alkyl halides is 2. The Hall–Kier alpha value is -1.26. The molecule has 124 valence electrons. The minimum absolute atomic E-state index is 0.0235. The van der Waals surface area contributed by atoms with Gasteiger partial charge < -0.3 is 10.2 Å². The molecule has 1 N–H and O–H groups in total. The average Bonchev–Trinajstić information content (AvgIpc) is 3.08. The molecular weight excluding hydrogens is 335 g/mol. The number of halogens is 2. The number of carbonyl (C=O) groups is 2. The fourth-order valence-corrected chi connectivity index (χ4v) is 3.76. The van der Waals surface area contributed by atoms with Gasteiger partial charge in [0.15, 0.2) is 0 Å². The molecule has 1 atom stereocenters. The molecule has 2 amide bonds. The van der Waals surface area contributed by atoms with Crippen molar-refractivity contribution in [3.8, 4) is 0 Å². The summed E-state index contributed by atoms with van der Waals surface area (Å²) in [7, 11) is 0. The highest BCUT2D eigenvalue weighted by molar-refractivity contribution is 6.53. The molecule has 2 aliphatic rings. The Balaban J connectivity index is 1.51. The zero-order chi connectivity index (χ0) is 16.7. The van der Waals surface area contributed by atoms with E-state index in [1.165, 1.54) is 0 Å². The zero-order valence-corrected chi connectivity index (χ0v) is 14.5. The van der Waals surface area contributed by atoms with Crippen LogP contribution in [0, 0.1) is 5.41 Å². The molecule has 0 aromatic heterocycles. The molecule has 1 aliphatic heterocycles. The molecule has 1 aromatic carbocycles. The molecule has 1 unspecified atom stereocenters. The van der Waals surface area contributed by atoms with E-state index < -0.39 is 9.75 Å². The molecule has 3 rings (SSSR count). The topological polar surface area (TPSA) is 49.4 Å². The minimum atomic E-state index is -0.928. The number of nitrogens with one attached hydrogen (secondary N) is 1. The van der Waals surface area contributed by atoms with Gasteiger partial charge in [0.2, 0.25) is 5.91 Å². The second kappa shape index (κ2) is 5.99. The molecule has 0 radical (unpaired) electrons. The summed E-state index contributed by atoms with van der Waals surface area (Å²) >= 11 is 12.2. The first kappa shape index (κ1) is 16.6. The molecule has 2 fully saturated rings. The van der Waals surface area contributed by atoms with Crippen LogP contribution in [0.25, 0.3) is 0 Å². The van der Waals surface area contributed by atoms with Crippen LogP contribution in [0.4, 0.5) is 0 Å². The van der Waals surface area contributed by atoms with Gasteiger partial charge in [-0.15, -0.1) is 23.2 Å². The van der Waals surface area contributed by atoms with Crippen molar-refractivity contribution in [2.24, 2.45) is 5.41 Å². The number of nitrogens with zero attached hydrogens (tertiary/aromatic N) is 1. The second-order valence-corrected chi connectivity index (χ2v) is 8.10. The fourth-order valence-electron chi connectivity index (χ4n) is 3.07. The smallest absolute Gasteiger partial charge is 0.251 e. The summed E-state index contributed by atoms with van der Waals surface area (Å²) in [4.78, 5) is 26.5. The first-order valence-corrected chi connectivity index (χ1v) is 8.62. The van der Waals surface area contributed by atoms with Crippen LogP contribution in [0.1, 0.15) is 36.5 Å². The van der Waals surface area contributed by atoms with Gasteiger partial charge in [0.25, 0.3) is 5.91 Å². The van der Waals surface area contributed by atoms with Gasteiger partial charge in [-0.1, -0.05) is 18.2 Å². The van der Waals surface area contributed by atoms with Crippen LogP contribution in [-0.4, -0.2) is 40.2 Å². The Kier molecular flexibility index (Phi) is 4.32. The molecule has 4 nitrogen and oxygen atoms in total. The van der Waals surface area contributed by atoms with Crippen LogP contribution in [0.15, 0.2) is 30.3 Å². The van der Waals surface area contributed by atoms with E-state index in [-0.39, 0.29) is 17.9 Å². The molecule has 1 saturated heterocycles. The number of piperidine rings is 1. The van der Waals surface area contributed by atoms with Crippen molar-refractivity contribution in [1.82, 2.24) is 10.2 Å². The summed E-state index contributed by atoms with van der Waals surface area (Å²) in [6.07, 6.45) is 2.00. The number of benzene rings is 1. The quantitative estimate of drug-likeness (QED) is 0.848. The van der Waals surface area contributed by atoms with E-state index in [4.69, 9.17) is 23.2 Å². The summed E-state index contributed by atoms with van der Waals surface area (Å²) < 4.78 is -0.928. The molecule has 23 heavy (non-hydrogen) atoms. The first-order chi connectivity index (χ1) is 10.8. The molecule has 0 bridgehead atoms. The third-order valence-electron chi connectivity index (χ3n) is 4.88. The molecule has 0 spiro atoms. The Morgan fingerprint density at radius 2 is 1.74 bits per heavy atom. The monoisotopic (exact) mass is 354 g/mol. The van der Waals surface area contributed by atoms with Gasteiger partial charge in [-0.05, 0) is 38.3 Å². The van der Waals surface area contributed by atoms with E-state index >= 15 is 0 Å². The summed E-state index contributed by atoms with van der Waals surface area (Å²) in [6, 6.07) is 9.25. The maximum atomic E-state index is 12.5. The van der Waals surface area contributed by atoms with E-state index in [0.29, 0.717) is 25.1 Å². The van der Waals surface area contributed by atoms with Gasteiger partial charge in [0.1, 0.15) is 4.33 Å². The standard InChI is InChI=1S/C17H20Cl2N2O2/c1-16(11-17(16,18)19)15(23)21-9-7-13(8-10-21)20-14(22)12-5-3-2-4-6-12/h2-6,13H,7-11H2,1H3,(H,20,22). The second-order valence-electron chi connectivity index (χ2n) is 6.62. The van der Waals surface area contributed by atoms with Crippen LogP contribution >= 0.6 is 23.2 Å². The van der Waals surface area contributed by atoms with Crippen LogP contribution in [0.3, 0.4) is 0 Å². The van der Waals surface area contributed by atoms with Crippen LogP contribution in [-0.2, 0) is 4.79 Å². The molecule has 1 aliphatic carbocycles. The third-order valence-corrected chi connectivity index (χ3v) is 5.98. The van der Waals surface area contributed by atoms with Gasteiger partial charge in [-0.3, -0.25) is 9.59 Å². The average molecular weight is 355 g/mol. The van der Waals surface area contributed by atoms with Gasteiger partial charge in [0, 0.05) is 24.7 Å². The van der Waals surface area contributed by atoms with Crippen LogP contribution in [0.5, 0.6) is 0 Å². The Labute approximate surface area is 146 Å². The van der Waals surface area contributed by atoms with Crippen molar-refractivity contribution in [2.75, 3.05) is 13.1 Å². The lowest BCUT2D eigenvalue weighted by Crippen LogP contribution is -2.48. The SMILES string of the molecule is CC1(C(=O)N2CCC(NC(=O)c3ccccc3)CC2)CC1(Cl)Cl. The van der Waals surface area contributed by atoms with Crippen molar-refractivity contribution in [3.63, 3.8) is 0 Å². The van der Waals surface area contributed by atoms with Crippen LogP contribution < -0.4 is 5.32 Å². The predicted octanol–water partition coefficient (Wildman–Crippen LogP) is 2.99. The van der Waals surface area contributed by atoms with Gasteiger partial charge in [0.05, 0.1) is 5.41 Å². The van der Waals surface area contributed by atoms with Crippen molar-refractivity contribution < 1.29 is 9.59 Å². The first-order valence-electron chi connectivity index (χ1n) is 7.87. The van der Waals surface area contributed by atoms with Gasteiger partial charge >= 0.3 is 0 Å². The molecule has 1 saturated carbocycles. The summed E-state index contributed by atoms with van der Waals surface area (Å²) in [5.41, 5.74) is 0.00141. The lowest BCUT2D eigenvalue weighted by atomic mass is 10.0. The van der Waals surface area contributed by atoms with E-state index in [1.807, 2.05) is 30.0 Å². The number of carbonyl (C=O) groups excluding carboxylic acids is 2. The van der Waals surface area contributed by atoms with Crippen molar-refractivity contribution >= 4 is 35.0 Å².